The van der Waals surface area contributed by atoms with Gasteiger partial charge in [-0.05, 0) is 0 Å². The largest absolute Gasteiger partial charge is 0.392 e. The molecule has 0 radical (unpaired) electrons. The maximum absolute atomic E-state index is 5.12. The van der Waals surface area contributed by atoms with Gasteiger partial charge in [-0.1, -0.05) is 24.4 Å². The van der Waals surface area contributed by atoms with Gasteiger partial charge in [-0.15, -0.1) is 0 Å². The molecule has 0 aromatic carbocycles. The van der Waals surface area contributed by atoms with E-state index in [4.69, 9.17) is 11.5 Å². The van der Waals surface area contributed by atoms with Crippen LogP contribution >= 0.6 is 24.4 Å². The molecule has 0 aliphatic rings. The van der Waals surface area contributed by atoms with Crippen LogP contribution in [-0.2, 0) is 0 Å². The molecule has 10 heavy (non-hydrogen) atoms. The van der Waals surface area contributed by atoms with E-state index in [0.29, 0.717) is 9.98 Å². The quantitative estimate of drug-likeness (QED) is 0.467. The number of hydrogen-bond acceptors (Lipinski definition) is 4. The lowest BCUT2D eigenvalue weighted by Gasteiger charge is -1.88. The van der Waals surface area contributed by atoms with Gasteiger partial charge in [0, 0.05) is 0 Å². The first-order chi connectivity index (χ1) is 4.63. The van der Waals surface area contributed by atoms with Gasteiger partial charge in [0.2, 0.25) is 0 Å². The van der Waals surface area contributed by atoms with Crippen molar-refractivity contribution in [2.24, 2.45) is 21.7 Å². The molecule has 0 aromatic rings. The van der Waals surface area contributed by atoms with E-state index in [1.807, 2.05) is 0 Å². The second-order valence-corrected chi connectivity index (χ2v) is 2.58. The fourth-order valence-electron chi connectivity index (χ4n) is 0.239. The first-order valence-corrected chi connectivity index (χ1v) is 3.34. The minimum absolute atomic E-state index is 0.262. The Balaban J connectivity index is 3.38. The Bertz CT molecular complexity index is 147. The van der Waals surface area contributed by atoms with Crippen LogP contribution in [-0.4, -0.2) is 23.1 Å². The smallest absolute Gasteiger partial charge is 0.110 e. The van der Waals surface area contributed by atoms with Gasteiger partial charge in [-0.3, -0.25) is 0 Å². The lowest BCUT2D eigenvalue weighted by molar-refractivity contribution is 1.02. The van der Waals surface area contributed by atoms with E-state index in [9.17, 15) is 0 Å². The Labute approximate surface area is 69.7 Å². The maximum atomic E-state index is 5.12. The van der Waals surface area contributed by atoms with E-state index in [-0.39, 0.29) is 13.1 Å². The molecule has 0 aliphatic heterocycles. The number of thiocarbonyl (C=S) groups is 2. The minimum Gasteiger partial charge on any atom is -0.392 e. The average Bonchev–Trinajstić information content (AvgIpc) is 1.79. The topological polar surface area (TPSA) is 76.8 Å². The van der Waals surface area contributed by atoms with E-state index < -0.39 is 0 Å². The molecule has 6 heteroatoms. The fourth-order valence-corrected chi connectivity index (χ4v) is 0.355. The van der Waals surface area contributed by atoms with Crippen LogP contribution in [0.4, 0.5) is 0 Å². The number of rotatable bonds is 4. The van der Waals surface area contributed by atoms with Crippen LogP contribution in [0.15, 0.2) is 10.2 Å². The first kappa shape index (κ1) is 9.38. The van der Waals surface area contributed by atoms with Gasteiger partial charge in [0.25, 0.3) is 0 Å². The first-order valence-electron chi connectivity index (χ1n) is 2.53. The highest BCUT2D eigenvalue weighted by Crippen LogP contribution is 1.77. The molecule has 0 saturated carbocycles. The summed E-state index contributed by atoms with van der Waals surface area (Å²) in [6.07, 6.45) is 0. The third-order valence-corrected chi connectivity index (χ3v) is 0.811. The Morgan fingerprint density at radius 2 is 1.30 bits per heavy atom. The summed E-state index contributed by atoms with van der Waals surface area (Å²) in [5.41, 5.74) is 10.2. The maximum Gasteiger partial charge on any atom is 0.110 e. The van der Waals surface area contributed by atoms with Gasteiger partial charge in [-0.25, -0.2) is 0 Å². The van der Waals surface area contributed by atoms with Crippen LogP contribution in [0.25, 0.3) is 0 Å². The van der Waals surface area contributed by atoms with Gasteiger partial charge >= 0.3 is 0 Å². The third kappa shape index (κ3) is 7.38. The summed E-state index contributed by atoms with van der Waals surface area (Å²) in [7, 11) is 0. The SMILES string of the molecule is NC(=S)CN=NCC(N)=S. The molecule has 0 heterocycles. The fraction of sp³-hybridized carbons (Fsp3) is 0.500. The van der Waals surface area contributed by atoms with Crippen LogP contribution < -0.4 is 11.5 Å². The van der Waals surface area contributed by atoms with Crippen molar-refractivity contribution in [3.63, 3.8) is 0 Å². The Morgan fingerprint density at radius 1 is 1.00 bits per heavy atom. The second kappa shape index (κ2) is 5.19. The van der Waals surface area contributed by atoms with E-state index in [1.54, 1.807) is 0 Å². The van der Waals surface area contributed by atoms with Crippen LogP contribution in [0.5, 0.6) is 0 Å². The monoisotopic (exact) mass is 176 g/mol. The molecule has 0 rings (SSSR count). The molecule has 0 fully saturated rings. The standard InChI is InChI=1S/C4H8N4S2/c5-3(9)1-7-8-2-4(6)10/h1-2H2,(H2,5,9)(H2,6,10). The van der Waals surface area contributed by atoms with Gasteiger partial charge in [0.15, 0.2) is 0 Å². The predicted molar refractivity (Wildman–Crippen MR) is 48.2 cm³/mol. The highest BCUT2D eigenvalue weighted by atomic mass is 32.1. The lowest BCUT2D eigenvalue weighted by atomic mass is 10.7. The summed E-state index contributed by atoms with van der Waals surface area (Å²) in [5, 5.41) is 7.20. The molecule has 0 aromatic heterocycles. The molecule has 0 unspecified atom stereocenters. The molecule has 4 N–H and O–H groups in total. The highest BCUT2D eigenvalue weighted by Gasteiger charge is 1.84. The van der Waals surface area contributed by atoms with Crippen LogP contribution in [0.1, 0.15) is 0 Å². The normalized spacial score (nSPS) is 10.0. The summed E-state index contributed by atoms with van der Waals surface area (Å²) >= 11 is 9.07. The van der Waals surface area contributed by atoms with Crippen LogP contribution in [0.2, 0.25) is 0 Å². The van der Waals surface area contributed by atoms with Crippen molar-refractivity contribution in [1.29, 1.82) is 0 Å². The predicted octanol–water partition coefficient (Wildman–Crippen LogP) is 0.0108. The number of nitrogens with two attached hydrogens (primary N) is 2. The zero-order valence-electron chi connectivity index (χ0n) is 5.28. The van der Waals surface area contributed by atoms with Crippen molar-refractivity contribution in [2.45, 2.75) is 0 Å². The molecule has 0 atom stereocenters. The number of azo groups is 1. The summed E-state index contributed by atoms with van der Waals surface area (Å²) in [4.78, 5) is 0.623. The highest BCUT2D eigenvalue weighted by molar-refractivity contribution is 7.80. The Morgan fingerprint density at radius 3 is 1.50 bits per heavy atom. The molecular formula is C4H8N4S2. The molecule has 0 saturated heterocycles. The molecule has 0 spiro atoms. The van der Waals surface area contributed by atoms with E-state index in [0.717, 1.165) is 0 Å². The number of nitrogens with zero attached hydrogens (tertiary/aromatic N) is 2. The molecule has 0 amide bonds. The third-order valence-electron chi connectivity index (χ3n) is 0.553. The minimum atomic E-state index is 0.262. The van der Waals surface area contributed by atoms with Crippen LogP contribution in [0.3, 0.4) is 0 Å². The van der Waals surface area contributed by atoms with E-state index >= 15 is 0 Å². The van der Waals surface area contributed by atoms with Gasteiger partial charge in [0.1, 0.15) is 13.1 Å². The number of hydrogen-bond donors (Lipinski definition) is 2. The van der Waals surface area contributed by atoms with Gasteiger partial charge in [0.05, 0.1) is 9.98 Å². The molecular weight excluding hydrogens is 168 g/mol. The Hall–Kier alpha value is -0.620. The van der Waals surface area contributed by atoms with Crippen molar-refractivity contribution in [3.05, 3.63) is 0 Å². The molecule has 56 valence electrons. The van der Waals surface area contributed by atoms with E-state index in [1.165, 1.54) is 0 Å². The van der Waals surface area contributed by atoms with Crippen molar-refractivity contribution in [1.82, 2.24) is 0 Å². The lowest BCUT2D eigenvalue weighted by Crippen LogP contribution is -2.13. The van der Waals surface area contributed by atoms with Crippen molar-refractivity contribution < 1.29 is 0 Å². The molecule has 0 bridgehead atoms. The van der Waals surface area contributed by atoms with Crippen molar-refractivity contribution >= 4 is 34.4 Å². The summed E-state index contributed by atoms with van der Waals surface area (Å²) in [6, 6.07) is 0. The summed E-state index contributed by atoms with van der Waals surface area (Å²) in [5.74, 6) is 0. The average molecular weight is 176 g/mol. The second-order valence-electron chi connectivity index (χ2n) is 1.53. The summed E-state index contributed by atoms with van der Waals surface area (Å²) in [6.45, 7) is 0.524. The molecule has 4 nitrogen and oxygen atoms in total. The van der Waals surface area contributed by atoms with E-state index in [2.05, 4.69) is 34.7 Å². The Kier molecular flexibility index (Phi) is 4.87. The van der Waals surface area contributed by atoms with Crippen molar-refractivity contribution in [2.75, 3.05) is 13.1 Å². The summed E-state index contributed by atoms with van der Waals surface area (Å²) < 4.78 is 0. The zero-order chi connectivity index (χ0) is 7.98. The zero-order valence-corrected chi connectivity index (χ0v) is 6.91. The van der Waals surface area contributed by atoms with Gasteiger partial charge < -0.3 is 11.5 Å². The molecule has 0 aliphatic carbocycles. The van der Waals surface area contributed by atoms with Crippen LogP contribution in [0, 0.1) is 0 Å². The van der Waals surface area contributed by atoms with Crippen molar-refractivity contribution in [3.8, 4) is 0 Å². The van der Waals surface area contributed by atoms with Gasteiger partial charge in [-0.2, -0.15) is 10.2 Å².